The van der Waals surface area contributed by atoms with Crippen LogP contribution in [0.15, 0.2) is 54.6 Å². The van der Waals surface area contributed by atoms with Gasteiger partial charge in [0.2, 0.25) is 0 Å². The van der Waals surface area contributed by atoms with Gasteiger partial charge in [-0.25, -0.2) is 5.43 Å². The molecule has 0 spiro atoms. The number of nitrogens with one attached hydrogen (secondary N) is 2. The van der Waals surface area contributed by atoms with Crippen LogP contribution in [-0.2, 0) is 0 Å². The molecule has 0 radical (unpaired) electrons. The van der Waals surface area contributed by atoms with E-state index in [1.165, 1.54) is 5.56 Å². The first-order valence-electron chi connectivity index (χ1n) is 8.46. The summed E-state index contributed by atoms with van der Waals surface area (Å²) in [5.74, 6) is 2.22. The van der Waals surface area contributed by atoms with Crippen molar-refractivity contribution in [3.05, 3.63) is 60.2 Å². The van der Waals surface area contributed by atoms with E-state index in [4.69, 9.17) is 10.5 Å². The molecule has 0 bridgehead atoms. The van der Waals surface area contributed by atoms with Crippen molar-refractivity contribution in [1.82, 2.24) is 15.8 Å². The highest BCUT2D eigenvalue weighted by Crippen LogP contribution is 2.28. The van der Waals surface area contributed by atoms with E-state index in [9.17, 15) is 0 Å². The molecule has 5 nitrogen and oxygen atoms in total. The van der Waals surface area contributed by atoms with Crippen LogP contribution in [0.5, 0.6) is 11.5 Å². The number of hydrogen-bond acceptors (Lipinski definition) is 5. The minimum absolute atomic E-state index is 0.302. The van der Waals surface area contributed by atoms with Crippen molar-refractivity contribution in [3.8, 4) is 11.5 Å². The molecule has 0 aromatic heterocycles. The van der Waals surface area contributed by atoms with Gasteiger partial charge in [-0.1, -0.05) is 30.3 Å². The Bertz CT molecular complexity index is 617. The zero-order valence-electron chi connectivity index (χ0n) is 14.1. The van der Waals surface area contributed by atoms with Crippen molar-refractivity contribution in [2.45, 2.75) is 6.04 Å². The van der Waals surface area contributed by atoms with Crippen LogP contribution >= 0.6 is 0 Å². The van der Waals surface area contributed by atoms with Crippen molar-refractivity contribution < 1.29 is 4.74 Å². The minimum atomic E-state index is 0.302. The van der Waals surface area contributed by atoms with Gasteiger partial charge in [0.25, 0.3) is 0 Å². The monoisotopic (exact) mass is 326 g/mol. The van der Waals surface area contributed by atoms with Gasteiger partial charge in [-0.3, -0.25) is 5.43 Å². The van der Waals surface area contributed by atoms with E-state index in [-0.39, 0.29) is 0 Å². The second-order valence-electron chi connectivity index (χ2n) is 6.30. The van der Waals surface area contributed by atoms with Gasteiger partial charge in [-0.05, 0) is 36.9 Å². The highest BCUT2D eigenvalue weighted by atomic mass is 16.5. The number of likely N-dealkylation sites (N-methyl/N-ethyl adjacent to an activating group) is 1. The highest BCUT2D eigenvalue weighted by Gasteiger charge is 2.28. The Morgan fingerprint density at radius 3 is 2.50 bits per heavy atom. The van der Waals surface area contributed by atoms with Crippen LogP contribution in [0, 0.1) is 5.92 Å². The molecule has 1 fully saturated rings. The molecule has 0 amide bonds. The first kappa shape index (κ1) is 16.9. The van der Waals surface area contributed by atoms with Crippen LogP contribution in [0.4, 0.5) is 0 Å². The van der Waals surface area contributed by atoms with Crippen molar-refractivity contribution in [1.29, 1.82) is 0 Å². The average molecular weight is 326 g/mol. The zero-order valence-corrected chi connectivity index (χ0v) is 14.1. The molecule has 4 N–H and O–H groups in total. The molecule has 1 heterocycles. The summed E-state index contributed by atoms with van der Waals surface area (Å²) in [6, 6.07) is 18.5. The molecule has 0 saturated carbocycles. The largest absolute Gasteiger partial charge is 0.457 e. The molecule has 0 aliphatic carbocycles. The number of nitrogens with two attached hydrogens (primary N) is 1. The van der Waals surface area contributed by atoms with Gasteiger partial charge in [-0.2, -0.15) is 0 Å². The quantitative estimate of drug-likeness (QED) is 0.728. The normalized spacial score (nSPS) is 20.5. The Morgan fingerprint density at radius 2 is 1.79 bits per heavy atom. The van der Waals surface area contributed by atoms with Gasteiger partial charge in [0.1, 0.15) is 11.5 Å². The Balaban J connectivity index is 1.64. The summed E-state index contributed by atoms with van der Waals surface area (Å²) in [5.41, 5.74) is 13.6. The molecule has 2 unspecified atom stereocenters. The number of hydrazine groups is 1. The van der Waals surface area contributed by atoms with E-state index < -0.39 is 0 Å². The predicted molar refractivity (Wildman–Crippen MR) is 96.9 cm³/mol. The van der Waals surface area contributed by atoms with Crippen LogP contribution in [0.3, 0.4) is 0 Å². The van der Waals surface area contributed by atoms with Gasteiger partial charge in [0.05, 0.1) is 6.04 Å². The summed E-state index contributed by atoms with van der Waals surface area (Å²) >= 11 is 0. The lowest BCUT2D eigenvalue weighted by Crippen LogP contribution is -2.33. The second-order valence-corrected chi connectivity index (χ2v) is 6.30. The lowest BCUT2D eigenvalue weighted by atomic mass is 9.94. The third kappa shape index (κ3) is 4.33. The van der Waals surface area contributed by atoms with Crippen LogP contribution in [0.1, 0.15) is 11.6 Å². The van der Waals surface area contributed by atoms with Crippen LogP contribution in [0.2, 0.25) is 0 Å². The first-order chi connectivity index (χ1) is 11.8. The summed E-state index contributed by atoms with van der Waals surface area (Å²) in [7, 11) is 2.12. The molecule has 2 aromatic rings. The molecule has 128 valence electrons. The summed E-state index contributed by atoms with van der Waals surface area (Å²) in [4.78, 5) is 2.29. The van der Waals surface area contributed by atoms with Crippen LogP contribution in [-0.4, -0.2) is 38.1 Å². The highest BCUT2D eigenvalue weighted by molar-refractivity contribution is 5.34. The predicted octanol–water partition coefficient (Wildman–Crippen LogP) is 2.13. The molecule has 24 heavy (non-hydrogen) atoms. The van der Waals surface area contributed by atoms with Gasteiger partial charge < -0.3 is 15.4 Å². The van der Waals surface area contributed by atoms with Crippen molar-refractivity contribution >= 4 is 0 Å². The molecule has 1 aliphatic rings. The summed E-state index contributed by atoms with van der Waals surface area (Å²) in [5, 5.41) is 0. The van der Waals surface area contributed by atoms with Gasteiger partial charge in [0, 0.05) is 32.1 Å². The summed E-state index contributed by atoms with van der Waals surface area (Å²) in [6.07, 6.45) is 0. The van der Waals surface area contributed by atoms with E-state index >= 15 is 0 Å². The SMILES string of the molecule is CN(CCN)CC1CNNC1c1ccc(Oc2ccccc2)cc1. The topological polar surface area (TPSA) is 62.5 Å². The second kappa shape index (κ2) is 8.26. The number of rotatable bonds is 7. The lowest BCUT2D eigenvalue weighted by molar-refractivity contribution is 0.275. The van der Waals surface area contributed by atoms with Crippen molar-refractivity contribution in [2.75, 3.05) is 33.2 Å². The molecule has 3 rings (SSSR count). The molecule has 5 heteroatoms. The maximum Gasteiger partial charge on any atom is 0.127 e. The lowest BCUT2D eigenvalue weighted by Gasteiger charge is -2.24. The number of hydrogen-bond donors (Lipinski definition) is 3. The molecular formula is C19H26N4O. The van der Waals surface area contributed by atoms with E-state index in [0.29, 0.717) is 18.5 Å². The Morgan fingerprint density at radius 1 is 1.08 bits per heavy atom. The smallest absolute Gasteiger partial charge is 0.127 e. The molecule has 2 aromatic carbocycles. The van der Waals surface area contributed by atoms with Gasteiger partial charge in [-0.15, -0.1) is 0 Å². The fourth-order valence-electron chi connectivity index (χ4n) is 3.14. The van der Waals surface area contributed by atoms with E-state index in [2.05, 4.69) is 34.9 Å². The molecule has 1 saturated heterocycles. The maximum absolute atomic E-state index is 5.86. The van der Waals surface area contributed by atoms with Crippen LogP contribution < -0.4 is 21.3 Å². The van der Waals surface area contributed by atoms with Crippen molar-refractivity contribution in [2.24, 2.45) is 11.7 Å². The Kier molecular flexibility index (Phi) is 5.82. The number of para-hydroxylation sites is 1. The Hall–Kier alpha value is -1.92. The average Bonchev–Trinajstić information content (AvgIpc) is 3.05. The third-order valence-corrected chi connectivity index (χ3v) is 4.37. The number of ether oxygens (including phenoxy) is 1. The fourth-order valence-corrected chi connectivity index (χ4v) is 3.14. The van der Waals surface area contributed by atoms with Crippen LogP contribution in [0.25, 0.3) is 0 Å². The number of benzene rings is 2. The maximum atomic E-state index is 5.86. The molecule has 1 aliphatic heterocycles. The van der Waals surface area contributed by atoms with Gasteiger partial charge in [0.15, 0.2) is 0 Å². The minimum Gasteiger partial charge on any atom is -0.457 e. The van der Waals surface area contributed by atoms with Crippen molar-refractivity contribution in [3.63, 3.8) is 0 Å². The summed E-state index contributed by atoms with van der Waals surface area (Å²) in [6.45, 7) is 3.60. The third-order valence-electron chi connectivity index (χ3n) is 4.37. The standard InChI is InChI=1S/C19H26N4O/c1-23(12-11-20)14-16-13-21-22-19(16)15-7-9-18(10-8-15)24-17-5-3-2-4-6-17/h2-10,16,19,21-22H,11-14,20H2,1H3. The fraction of sp³-hybridized carbons (Fsp3) is 0.368. The van der Waals surface area contributed by atoms with E-state index in [1.54, 1.807) is 0 Å². The van der Waals surface area contributed by atoms with E-state index in [1.807, 2.05) is 42.5 Å². The number of nitrogens with zero attached hydrogens (tertiary/aromatic N) is 1. The molecule has 2 atom stereocenters. The van der Waals surface area contributed by atoms with Gasteiger partial charge >= 0.3 is 0 Å². The van der Waals surface area contributed by atoms with E-state index in [0.717, 1.165) is 31.1 Å². The molecular weight excluding hydrogens is 300 g/mol. The zero-order chi connectivity index (χ0) is 16.8. The Labute approximate surface area is 143 Å². The summed E-state index contributed by atoms with van der Waals surface area (Å²) < 4.78 is 5.86. The first-order valence-corrected chi connectivity index (χ1v) is 8.46.